The Hall–Kier alpha value is -1.60. The molecule has 0 aliphatic carbocycles. The van der Waals surface area contributed by atoms with Crippen molar-refractivity contribution in [3.63, 3.8) is 0 Å². The highest BCUT2D eigenvalue weighted by Gasteiger charge is 2.08. The number of nitrogens with zero attached hydrogens (tertiary/aromatic N) is 3. The molecule has 0 aliphatic heterocycles. The summed E-state index contributed by atoms with van der Waals surface area (Å²) in [6.07, 6.45) is 3.01. The quantitative estimate of drug-likeness (QED) is 0.781. The monoisotopic (exact) mass is 260 g/mol. The topological polar surface area (TPSA) is 52.0 Å². The van der Waals surface area contributed by atoms with Gasteiger partial charge in [-0.25, -0.2) is 4.98 Å². The molecular formula is C15H24N4. The van der Waals surface area contributed by atoms with Crippen LogP contribution < -0.4 is 5.32 Å². The number of hydrogen-bond acceptors (Lipinski definition) is 4. The molecule has 0 radical (unpaired) electrons. The van der Waals surface area contributed by atoms with Gasteiger partial charge in [0.25, 0.3) is 0 Å². The van der Waals surface area contributed by atoms with E-state index in [1.807, 2.05) is 19.2 Å². The Balaban J connectivity index is 2.53. The van der Waals surface area contributed by atoms with E-state index in [0.29, 0.717) is 0 Å². The highest BCUT2D eigenvalue weighted by atomic mass is 15.1. The van der Waals surface area contributed by atoms with Crippen LogP contribution in [-0.4, -0.2) is 29.5 Å². The Kier molecular flexibility index (Phi) is 6.91. The van der Waals surface area contributed by atoms with Crippen molar-refractivity contribution in [1.29, 1.82) is 5.26 Å². The van der Waals surface area contributed by atoms with Crippen LogP contribution in [0.25, 0.3) is 0 Å². The summed E-state index contributed by atoms with van der Waals surface area (Å²) in [7, 11) is 0. The van der Waals surface area contributed by atoms with Gasteiger partial charge in [-0.15, -0.1) is 0 Å². The summed E-state index contributed by atoms with van der Waals surface area (Å²) < 4.78 is 0. The molecule has 0 bridgehead atoms. The molecule has 1 heterocycles. The minimum atomic E-state index is 0.0680. The minimum Gasteiger partial charge on any atom is -0.370 e. The maximum absolute atomic E-state index is 8.87. The van der Waals surface area contributed by atoms with Crippen molar-refractivity contribution >= 4 is 5.82 Å². The average Bonchev–Trinajstić information content (AvgIpc) is 2.45. The zero-order valence-corrected chi connectivity index (χ0v) is 12.2. The van der Waals surface area contributed by atoms with Crippen molar-refractivity contribution < 1.29 is 0 Å². The lowest BCUT2D eigenvalue weighted by Crippen LogP contribution is -2.27. The van der Waals surface area contributed by atoms with E-state index in [1.165, 1.54) is 5.56 Å². The molecule has 0 aromatic carbocycles. The zero-order valence-electron chi connectivity index (χ0n) is 12.2. The third-order valence-electron chi connectivity index (χ3n) is 2.99. The lowest BCUT2D eigenvalue weighted by molar-refractivity contribution is 0.260. The molecule has 0 fully saturated rings. The summed E-state index contributed by atoms with van der Waals surface area (Å²) in [4.78, 5) is 6.67. The summed E-state index contributed by atoms with van der Waals surface area (Å²) in [5.41, 5.74) is 1.19. The number of hydrogen-bond donors (Lipinski definition) is 1. The largest absolute Gasteiger partial charge is 0.370 e. The average molecular weight is 260 g/mol. The Morgan fingerprint density at radius 1 is 1.42 bits per heavy atom. The first-order valence-electron chi connectivity index (χ1n) is 7.00. The van der Waals surface area contributed by atoms with Gasteiger partial charge in [0, 0.05) is 25.8 Å². The molecule has 0 saturated heterocycles. The predicted molar refractivity (Wildman–Crippen MR) is 78.7 cm³/mol. The van der Waals surface area contributed by atoms with Gasteiger partial charge in [-0.1, -0.05) is 19.9 Å². The van der Waals surface area contributed by atoms with Gasteiger partial charge in [-0.3, -0.25) is 4.90 Å². The smallest absolute Gasteiger partial charge is 0.125 e. The normalized spacial score (nSPS) is 12.2. The van der Waals surface area contributed by atoms with Crippen molar-refractivity contribution in [3.05, 3.63) is 23.9 Å². The van der Waals surface area contributed by atoms with Gasteiger partial charge < -0.3 is 5.32 Å². The number of pyridine rings is 1. The molecule has 1 aromatic heterocycles. The number of anilines is 1. The van der Waals surface area contributed by atoms with E-state index in [-0.39, 0.29) is 5.92 Å². The first kappa shape index (κ1) is 15.5. The molecule has 1 N–H and O–H groups in total. The van der Waals surface area contributed by atoms with E-state index in [1.54, 1.807) is 0 Å². The van der Waals surface area contributed by atoms with Crippen molar-refractivity contribution in [2.75, 3.05) is 25.0 Å². The number of rotatable bonds is 8. The Labute approximate surface area is 116 Å². The van der Waals surface area contributed by atoms with Crippen LogP contribution in [-0.2, 0) is 6.54 Å². The van der Waals surface area contributed by atoms with Crippen molar-refractivity contribution in [2.45, 2.75) is 33.7 Å². The minimum absolute atomic E-state index is 0.0680. The maximum atomic E-state index is 8.87. The fraction of sp³-hybridized carbons (Fsp3) is 0.600. The summed E-state index contributed by atoms with van der Waals surface area (Å²) in [5.74, 6) is 0.998. The molecule has 1 rings (SSSR count). The van der Waals surface area contributed by atoms with Crippen molar-refractivity contribution in [1.82, 2.24) is 9.88 Å². The molecular weight excluding hydrogens is 236 g/mol. The molecule has 1 atom stereocenters. The fourth-order valence-electron chi connectivity index (χ4n) is 1.87. The highest BCUT2D eigenvalue weighted by Crippen LogP contribution is 2.09. The predicted octanol–water partition coefficient (Wildman–Crippen LogP) is 2.89. The molecule has 0 spiro atoms. The fourth-order valence-corrected chi connectivity index (χ4v) is 1.87. The van der Waals surface area contributed by atoms with Gasteiger partial charge in [0.05, 0.1) is 12.0 Å². The van der Waals surface area contributed by atoms with Gasteiger partial charge in [0.15, 0.2) is 0 Å². The third-order valence-corrected chi connectivity index (χ3v) is 2.99. The van der Waals surface area contributed by atoms with Crippen LogP contribution >= 0.6 is 0 Å². The van der Waals surface area contributed by atoms with E-state index in [9.17, 15) is 0 Å². The second-order valence-electron chi connectivity index (χ2n) is 4.84. The Morgan fingerprint density at radius 3 is 2.74 bits per heavy atom. The Bertz CT molecular complexity index is 394. The zero-order chi connectivity index (χ0) is 14.1. The summed E-state index contributed by atoms with van der Waals surface area (Å²) in [5, 5.41) is 12.1. The van der Waals surface area contributed by atoms with Crippen LogP contribution in [0.1, 0.15) is 32.8 Å². The lowest BCUT2D eigenvalue weighted by atomic mass is 10.2. The summed E-state index contributed by atoms with van der Waals surface area (Å²) in [6, 6.07) is 6.40. The molecule has 0 saturated carbocycles. The molecule has 4 heteroatoms. The van der Waals surface area contributed by atoms with Crippen LogP contribution in [0.5, 0.6) is 0 Å². The Morgan fingerprint density at radius 2 is 2.21 bits per heavy atom. The van der Waals surface area contributed by atoms with E-state index in [2.05, 4.69) is 41.2 Å². The van der Waals surface area contributed by atoms with Gasteiger partial charge >= 0.3 is 0 Å². The van der Waals surface area contributed by atoms with E-state index >= 15 is 0 Å². The van der Waals surface area contributed by atoms with Crippen molar-refractivity contribution in [3.8, 4) is 6.07 Å². The highest BCUT2D eigenvalue weighted by molar-refractivity contribution is 5.35. The van der Waals surface area contributed by atoms with Gasteiger partial charge in [-0.2, -0.15) is 5.26 Å². The second-order valence-corrected chi connectivity index (χ2v) is 4.84. The first-order valence-corrected chi connectivity index (χ1v) is 7.00. The number of aromatic nitrogens is 1. The standard InChI is InChI=1S/C15H24N4/c1-4-8-17-15-7-6-14(10-18-15)12-19(5-2)11-13(3)9-16/h6-7,10,13H,4-5,8,11-12H2,1-3H3,(H,17,18). The molecule has 1 aromatic rings. The molecule has 0 amide bonds. The third kappa shape index (κ3) is 5.71. The van der Waals surface area contributed by atoms with Crippen LogP contribution in [0.4, 0.5) is 5.82 Å². The van der Waals surface area contributed by atoms with Crippen LogP contribution in [0.15, 0.2) is 18.3 Å². The number of nitrogens with one attached hydrogen (secondary N) is 1. The van der Waals surface area contributed by atoms with E-state index < -0.39 is 0 Å². The van der Waals surface area contributed by atoms with Crippen LogP contribution in [0.2, 0.25) is 0 Å². The molecule has 4 nitrogen and oxygen atoms in total. The maximum Gasteiger partial charge on any atom is 0.125 e. The lowest BCUT2D eigenvalue weighted by Gasteiger charge is -2.21. The van der Waals surface area contributed by atoms with E-state index in [4.69, 9.17) is 5.26 Å². The number of nitriles is 1. The summed E-state index contributed by atoms with van der Waals surface area (Å²) in [6.45, 7) is 9.77. The van der Waals surface area contributed by atoms with Gasteiger partial charge in [0.2, 0.25) is 0 Å². The SMILES string of the molecule is CCCNc1ccc(CN(CC)CC(C)C#N)cn1. The van der Waals surface area contributed by atoms with Crippen LogP contribution in [0, 0.1) is 17.2 Å². The second kappa shape index (κ2) is 8.49. The van der Waals surface area contributed by atoms with Crippen molar-refractivity contribution in [2.24, 2.45) is 5.92 Å². The summed E-state index contributed by atoms with van der Waals surface area (Å²) >= 11 is 0. The van der Waals surface area contributed by atoms with E-state index in [0.717, 1.165) is 38.4 Å². The molecule has 1 unspecified atom stereocenters. The van der Waals surface area contributed by atoms with Crippen LogP contribution in [0.3, 0.4) is 0 Å². The molecule has 104 valence electrons. The van der Waals surface area contributed by atoms with Gasteiger partial charge in [-0.05, 0) is 31.5 Å². The first-order chi connectivity index (χ1) is 9.19. The molecule has 19 heavy (non-hydrogen) atoms. The van der Waals surface area contributed by atoms with Gasteiger partial charge in [0.1, 0.15) is 5.82 Å². The molecule has 0 aliphatic rings.